The van der Waals surface area contributed by atoms with Gasteiger partial charge in [-0.05, 0) is 71.1 Å². The van der Waals surface area contributed by atoms with Crippen molar-refractivity contribution in [1.29, 1.82) is 0 Å². The smallest absolute Gasteiger partial charge is 0.190 e. The van der Waals surface area contributed by atoms with E-state index in [4.69, 9.17) is 0 Å². The lowest BCUT2D eigenvalue weighted by Crippen LogP contribution is -2.58. The van der Waals surface area contributed by atoms with E-state index in [9.17, 15) is 14.7 Å². The fourth-order valence-electron chi connectivity index (χ4n) is 6.75. The highest BCUT2D eigenvalue weighted by Crippen LogP contribution is 2.24. The van der Waals surface area contributed by atoms with Crippen molar-refractivity contribution in [2.75, 3.05) is 27.2 Å². The molecule has 0 saturated heterocycles. The molecule has 0 aromatic rings. The first-order chi connectivity index (χ1) is 22.9. The van der Waals surface area contributed by atoms with Crippen LogP contribution in [0.4, 0.5) is 0 Å². The number of allylic oxidation sites excluding steroid dienone is 4. The Morgan fingerprint density at radius 3 is 1.15 bits per heavy atom. The van der Waals surface area contributed by atoms with Crippen LogP contribution in [-0.2, 0) is 9.59 Å². The standard InChI is InChI=1S/C43H82NO3/c1-6-9-11-13-15-17-19-21-23-25-27-29-31-33-35-37-41(46)40(39-45)43(44(4,5)8-3)42(47)38-36-34-32-30-28-26-24-22-20-18-16-14-12-10-7-2/h21-24,40,43,45H,6-20,25-39H2,1-5H3/q+1/b23-21-,24-22-. The van der Waals surface area contributed by atoms with Gasteiger partial charge in [-0.15, -0.1) is 0 Å². The Bertz CT molecular complexity index is 771. The van der Waals surface area contributed by atoms with E-state index in [1.807, 2.05) is 14.1 Å². The van der Waals surface area contributed by atoms with Crippen molar-refractivity contribution in [2.24, 2.45) is 5.92 Å². The zero-order valence-electron chi connectivity index (χ0n) is 32.4. The van der Waals surface area contributed by atoms with Crippen LogP contribution in [0.1, 0.15) is 201 Å². The van der Waals surface area contributed by atoms with Crippen LogP contribution in [0, 0.1) is 5.92 Å². The van der Waals surface area contributed by atoms with E-state index in [1.165, 1.54) is 116 Å². The van der Waals surface area contributed by atoms with Crippen LogP contribution in [0.3, 0.4) is 0 Å². The molecule has 0 spiro atoms. The maximum absolute atomic E-state index is 13.5. The highest BCUT2D eigenvalue weighted by Gasteiger charge is 2.42. The summed E-state index contributed by atoms with van der Waals surface area (Å²) >= 11 is 0. The molecule has 276 valence electrons. The van der Waals surface area contributed by atoms with Gasteiger partial charge < -0.3 is 9.59 Å². The zero-order chi connectivity index (χ0) is 34.9. The van der Waals surface area contributed by atoms with E-state index < -0.39 is 12.0 Å². The number of quaternary nitrogens is 1. The second kappa shape index (κ2) is 33.2. The summed E-state index contributed by atoms with van der Waals surface area (Å²) in [6.07, 6.45) is 42.5. The van der Waals surface area contributed by atoms with Gasteiger partial charge in [0.15, 0.2) is 11.8 Å². The molecule has 0 saturated carbocycles. The highest BCUT2D eigenvalue weighted by molar-refractivity contribution is 5.91. The van der Waals surface area contributed by atoms with E-state index in [0.29, 0.717) is 17.3 Å². The number of ketones is 2. The van der Waals surface area contributed by atoms with Gasteiger partial charge >= 0.3 is 0 Å². The normalized spacial score (nSPS) is 13.6. The Hall–Kier alpha value is -1.26. The molecule has 0 aliphatic carbocycles. The van der Waals surface area contributed by atoms with Gasteiger partial charge in [0.1, 0.15) is 11.7 Å². The predicted molar refractivity (Wildman–Crippen MR) is 206 cm³/mol. The molecule has 0 bridgehead atoms. The SMILES string of the molecule is CCCCCCCC/C=C\CCCCCCCC(=O)C(CO)C(C(=O)CCCCCCC/C=C\CCCCCCCC)[N+](C)(C)CC. The van der Waals surface area contributed by atoms with Crippen LogP contribution >= 0.6 is 0 Å². The molecule has 0 fully saturated rings. The Morgan fingerprint density at radius 2 is 0.809 bits per heavy atom. The van der Waals surface area contributed by atoms with Crippen molar-refractivity contribution in [1.82, 2.24) is 0 Å². The van der Waals surface area contributed by atoms with Gasteiger partial charge in [0, 0.05) is 12.8 Å². The average Bonchev–Trinajstić information content (AvgIpc) is 3.06. The summed E-state index contributed by atoms with van der Waals surface area (Å²) in [4.78, 5) is 26.8. The molecule has 2 atom stereocenters. The lowest BCUT2D eigenvalue weighted by Gasteiger charge is -2.39. The summed E-state index contributed by atoms with van der Waals surface area (Å²) in [7, 11) is 4.08. The molecule has 4 heteroatoms. The monoisotopic (exact) mass is 661 g/mol. The lowest BCUT2D eigenvalue weighted by atomic mass is 9.86. The molecule has 0 radical (unpaired) electrons. The number of carbonyl (C=O) groups is 2. The van der Waals surface area contributed by atoms with Crippen molar-refractivity contribution in [3.8, 4) is 0 Å². The second-order valence-electron chi connectivity index (χ2n) is 14.9. The average molecular weight is 661 g/mol. The summed E-state index contributed by atoms with van der Waals surface area (Å²) < 4.78 is 0.466. The van der Waals surface area contributed by atoms with Crippen molar-refractivity contribution >= 4 is 11.6 Å². The predicted octanol–water partition coefficient (Wildman–Crippen LogP) is 12.3. The molecule has 1 N–H and O–H groups in total. The van der Waals surface area contributed by atoms with Crippen LogP contribution in [0.25, 0.3) is 0 Å². The van der Waals surface area contributed by atoms with Crippen LogP contribution in [0.15, 0.2) is 24.3 Å². The quantitative estimate of drug-likeness (QED) is 0.0413. The minimum absolute atomic E-state index is 0.0766. The van der Waals surface area contributed by atoms with Crippen LogP contribution in [0.2, 0.25) is 0 Å². The number of Topliss-reactive ketones (excluding diaryl/α,β-unsaturated/α-hetero) is 2. The van der Waals surface area contributed by atoms with Gasteiger partial charge in [0.25, 0.3) is 0 Å². The first-order valence-electron chi connectivity index (χ1n) is 20.6. The summed E-state index contributed by atoms with van der Waals surface area (Å²) in [5.41, 5.74) is 0. The number of unbranched alkanes of at least 4 members (excludes halogenated alkanes) is 22. The van der Waals surface area contributed by atoms with E-state index >= 15 is 0 Å². The third-order valence-electron chi connectivity index (χ3n) is 10.3. The number of hydrogen-bond donors (Lipinski definition) is 1. The molecule has 0 aromatic carbocycles. The number of hydrogen-bond acceptors (Lipinski definition) is 3. The van der Waals surface area contributed by atoms with E-state index in [0.717, 1.165) is 57.9 Å². The van der Waals surface area contributed by atoms with Gasteiger partial charge in [-0.1, -0.05) is 141 Å². The summed E-state index contributed by atoms with van der Waals surface area (Å²) in [5.74, 6) is -0.350. The molecule has 2 unspecified atom stereocenters. The largest absolute Gasteiger partial charge is 0.395 e. The molecule has 47 heavy (non-hydrogen) atoms. The molecule has 0 amide bonds. The Balaban J connectivity index is 4.25. The molecule has 0 aliphatic rings. The number of nitrogens with zero attached hydrogens (tertiary/aromatic N) is 1. The number of rotatable bonds is 36. The first kappa shape index (κ1) is 45.7. The van der Waals surface area contributed by atoms with Crippen molar-refractivity contribution in [3.63, 3.8) is 0 Å². The van der Waals surface area contributed by atoms with Crippen molar-refractivity contribution < 1.29 is 19.2 Å². The maximum atomic E-state index is 13.5. The first-order valence-corrected chi connectivity index (χ1v) is 20.6. The number of aliphatic hydroxyl groups is 1. The molecule has 0 aromatic heterocycles. The van der Waals surface area contributed by atoms with E-state index in [1.54, 1.807) is 0 Å². The van der Waals surface area contributed by atoms with E-state index in [2.05, 4.69) is 45.1 Å². The summed E-state index contributed by atoms with van der Waals surface area (Å²) in [6, 6.07) is -0.447. The van der Waals surface area contributed by atoms with Crippen LogP contribution in [0.5, 0.6) is 0 Å². The Morgan fingerprint density at radius 1 is 0.489 bits per heavy atom. The van der Waals surface area contributed by atoms with Crippen LogP contribution < -0.4 is 0 Å². The molecule has 0 heterocycles. The fraction of sp³-hybridized carbons (Fsp3) is 0.860. The maximum Gasteiger partial charge on any atom is 0.190 e. The van der Waals surface area contributed by atoms with Gasteiger partial charge in [0.2, 0.25) is 0 Å². The van der Waals surface area contributed by atoms with Crippen molar-refractivity contribution in [3.05, 3.63) is 24.3 Å². The minimum atomic E-state index is -0.586. The van der Waals surface area contributed by atoms with Gasteiger partial charge in [-0.3, -0.25) is 9.59 Å². The van der Waals surface area contributed by atoms with Gasteiger partial charge in [0.05, 0.1) is 27.2 Å². The Labute approximate surface area is 294 Å². The molecule has 0 aliphatic heterocycles. The highest BCUT2D eigenvalue weighted by atomic mass is 16.3. The number of likely N-dealkylation sites (N-methyl/N-ethyl adjacent to an activating group) is 1. The zero-order valence-corrected chi connectivity index (χ0v) is 32.4. The lowest BCUT2D eigenvalue weighted by molar-refractivity contribution is -0.906. The molecular formula is C43H82NO3+. The minimum Gasteiger partial charge on any atom is -0.395 e. The van der Waals surface area contributed by atoms with Crippen molar-refractivity contribution in [2.45, 2.75) is 207 Å². The topological polar surface area (TPSA) is 54.4 Å². The number of carbonyl (C=O) groups excluding carboxylic acids is 2. The fourth-order valence-corrected chi connectivity index (χ4v) is 6.75. The summed E-state index contributed by atoms with van der Waals surface area (Å²) in [6.45, 7) is 7.15. The molecule has 4 nitrogen and oxygen atoms in total. The van der Waals surface area contributed by atoms with E-state index in [-0.39, 0.29) is 18.2 Å². The molecule has 0 rings (SSSR count). The number of aliphatic hydroxyl groups excluding tert-OH is 1. The third-order valence-corrected chi connectivity index (χ3v) is 10.3. The van der Waals surface area contributed by atoms with Gasteiger partial charge in [-0.2, -0.15) is 0 Å². The molecular weight excluding hydrogens is 578 g/mol. The third kappa shape index (κ3) is 26.3. The van der Waals surface area contributed by atoms with Crippen LogP contribution in [-0.4, -0.2) is 54.4 Å². The summed E-state index contributed by atoms with van der Waals surface area (Å²) in [5, 5.41) is 10.3. The second-order valence-corrected chi connectivity index (χ2v) is 14.9. The van der Waals surface area contributed by atoms with Gasteiger partial charge in [-0.25, -0.2) is 0 Å². The Kier molecular flexibility index (Phi) is 32.4.